The molecule has 1 aliphatic rings. The van der Waals surface area contributed by atoms with E-state index in [1.54, 1.807) is 0 Å². The van der Waals surface area contributed by atoms with Crippen molar-refractivity contribution in [3.8, 4) is 5.75 Å². The van der Waals surface area contributed by atoms with E-state index in [0.717, 1.165) is 0 Å². The van der Waals surface area contributed by atoms with Crippen molar-refractivity contribution in [1.82, 2.24) is 0 Å². The van der Waals surface area contributed by atoms with Crippen molar-refractivity contribution in [3.63, 3.8) is 0 Å². The summed E-state index contributed by atoms with van der Waals surface area (Å²) in [7, 11) is 1.38. The minimum absolute atomic E-state index is 0.0634. The molecular weight excluding hydrogens is 230 g/mol. The number of hydrogen-bond acceptors (Lipinski definition) is 3. The Morgan fingerprint density at radius 3 is 2.82 bits per heavy atom. The molecule has 0 saturated heterocycles. The fourth-order valence-corrected chi connectivity index (χ4v) is 1.86. The SMILES string of the molecule is COc1ccc2c(c1)C(F)(C=O)CC(O)=C2F. The number of ether oxygens (including phenoxy) is 1. The second-order valence-electron chi connectivity index (χ2n) is 3.83. The zero-order valence-electron chi connectivity index (χ0n) is 9.04. The molecule has 5 heteroatoms. The Bertz CT molecular complexity index is 510. The molecule has 1 unspecified atom stereocenters. The van der Waals surface area contributed by atoms with Crippen LogP contribution in [-0.4, -0.2) is 18.5 Å². The molecule has 0 heterocycles. The van der Waals surface area contributed by atoms with Gasteiger partial charge in [0.05, 0.1) is 13.5 Å². The van der Waals surface area contributed by atoms with Crippen molar-refractivity contribution in [2.45, 2.75) is 12.1 Å². The lowest BCUT2D eigenvalue weighted by atomic mass is 9.84. The number of benzene rings is 1. The van der Waals surface area contributed by atoms with Crippen molar-refractivity contribution in [1.29, 1.82) is 0 Å². The molecule has 1 N–H and O–H groups in total. The van der Waals surface area contributed by atoms with Crippen molar-refractivity contribution < 1.29 is 23.4 Å². The van der Waals surface area contributed by atoms with Crippen LogP contribution in [0.2, 0.25) is 0 Å². The summed E-state index contributed by atoms with van der Waals surface area (Å²) < 4.78 is 32.7. The normalized spacial score (nSPS) is 23.2. The van der Waals surface area contributed by atoms with E-state index in [1.165, 1.54) is 25.3 Å². The van der Waals surface area contributed by atoms with Gasteiger partial charge in [-0.05, 0) is 18.2 Å². The summed E-state index contributed by atoms with van der Waals surface area (Å²) >= 11 is 0. The number of alkyl halides is 1. The Kier molecular flexibility index (Phi) is 2.61. The van der Waals surface area contributed by atoms with E-state index < -0.39 is 23.7 Å². The number of aliphatic hydroxyl groups is 1. The maximum absolute atomic E-state index is 14.3. The second kappa shape index (κ2) is 3.84. The molecule has 0 saturated carbocycles. The number of fused-ring (bicyclic) bond motifs is 1. The number of hydrogen-bond donors (Lipinski definition) is 1. The number of aliphatic hydroxyl groups excluding tert-OH is 1. The molecule has 3 nitrogen and oxygen atoms in total. The number of rotatable bonds is 2. The fraction of sp³-hybridized carbons (Fsp3) is 0.250. The third-order valence-electron chi connectivity index (χ3n) is 2.78. The van der Waals surface area contributed by atoms with Crippen molar-refractivity contribution in [2.24, 2.45) is 0 Å². The van der Waals surface area contributed by atoms with Gasteiger partial charge in [-0.3, -0.25) is 4.79 Å². The van der Waals surface area contributed by atoms with Crippen molar-refractivity contribution in [3.05, 3.63) is 35.1 Å². The average molecular weight is 240 g/mol. The van der Waals surface area contributed by atoms with Crippen LogP contribution in [-0.2, 0) is 10.5 Å². The highest BCUT2D eigenvalue weighted by Gasteiger charge is 2.41. The third kappa shape index (κ3) is 1.67. The Balaban J connectivity index is 2.69. The number of methoxy groups -OCH3 is 1. The maximum atomic E-state index is 14.3. The maximum Gasteiger partial charge on any atom is 0.198 e. The van der Waals surface area contributed by atoms with Crippen LogP contribution in [0.15, 0.2) is 24.0 Å². The summed E-state index contributed by atoms with van der Waals surface area (Å²) in [4.78, 5) is 10.8. The molecule has 0 aliphatic heterocycles. The monoisotopic (exact) mass is 240 g/mol. The van der Waals surface area contributed by atoms with E-state index in [-0.39, 0.29) is 17.4 Å². The van der Waals surface area contributed by atoms with E-state index in [9.17, 15) is 18.7 Å². The van der Waals surface area contributed by atoms with E-state index >= 15 is 0 Å². The molecule has 2 rings (SSSR count). The van der Waals surface area contributed by atoms with Crippen LogP contribution < -0.4 is 4.74 Å². The largest absolute Gasteiger partial charge is 0.509 e. The minimum Gasteiger partial charge on any atom is -0.509 e. The first-order valence-electron chi connectivity index (χ1n) is 4.93. The number of carbonyl (C=O) groups excluding carboxylic acids is 1. The summed E-state index contributed by atoms with van der Waals surface area (Å²) in [6, 6.07) is 3.97. The number of carbonyl (C=O) groups is 1. The van der Waals surface area contributed by atoms with Gasteiger partial charge in [0, 0.05) is 11.1 Å². The summed E-state index contributed by atoms with van der Waals surface area (Å²) in [6.07, 6.45) is -0.629. The minimum atomic E-state index is -2.41. The molecule has 0 spiro atoms. The highest BCUT2D eigenvalue weighted by atomic mass is 19.1. The highest BCUT2D eigenvalue weighted by Crippen LogP contribution is 2.43. The number of aldehydes is 1. The summed E-state index contributed by atoms with van der Waals surface area (Å²) in [5.74, 6) is -1.34. The summed E-state index contributed by atoms with van der Waals surface area (Å²) in [5, 5.41) is 9.29. The van der Waals surface area contributed by atoms with E-state index in [1.807, 2.05) is 0 Å². The van der Waals surface area contributed by atoms with Crippen LogP contribution in [0.1, 0.15) is 17.5 Å². The molecule has 0 radical (unpaired) electrons. The van der Waals surface area contributed by atoms with Gasteiger partial charge in [-0.2, -0.15) is 0 Å². The van der Waals surface area contributed by atoms with Crippen molar-refractivity contribution >= 4 is 12.1 Å². The molecule has 90 valence electrons. The molecule has 0 bridgehead atoms. The van der Waals surface area contributed by atoms with Gasteiger partial charge in [0.1, 0.15) is 11.5 Å². The Morgan fingerprint density at radius 2 is 2.24 bits per heavy atom. The smallest absolute Gasteiger partial charge is 0.198 e. The lowest BCUT2D eigenvalue weighted by Gasteiger charge is -2.26. The highest BCUT2D eigenvalue weighted by molar-refractivity contribution is 5.78. The van der Waals surface area contributed by atoms with Gasteiger partial charge in [-0.1, -0.05) is 0 Å². The Labute approximate surface area is 96.3 Å². The molecule has 17 heavy (non-hydrogen) atoms. The van der Waals surface area contributed by atoms with E-state index in [4.69, 9.17) is 4.74 Å². The first-order valence-corrected chi connectivity index (χ1v) is 4.93. The van der Waals surface area contributed by atoms with Gasteiger partial charge in [0.25, 0.3) is 0 Å². The zero-order valence-corrected chi connectivity index (χ0v) is 9.04. The van der Waals surface area contributed by atoms with Crippen LogP contribution in [0.4, 0.5) is 8.78 Å². The van der Waals surface area contributed by atoms with Crippen molar-refractivity contribution in [2.75, 3.05) is 7.11 Å². The molecule has 1 atom stereocenters. The molecular formula is C12H10F2O3. The predicted molar refractivity (Wildman–Crippen MR) is 57.1 cm³/mol. The Hall–Kier alpha value is -1.91. The summed E-state index contributed by atoms with van der Waals surface area (Å²) in [5.41, 5.74) is -2.66. The molecule has 1 aromatic rings. The molecule has 0 aromatic heterocycles. The zero-order chi connectivity index (χ0) is 12.6. The second-order valence-corrected chi connectivity index (χ2v) is 3.83. The van der Waals surface area contributed by atoms with E-state index in [2.05, 4.69) is 0 Å². The molecule has 1 aromatic carbocycles. The van der Waals surface area contributed by atoms with Crippen LogP contribution in [0.3, 0.4) is 0 Å². The first-order chi connectivity index (χ1) is 8.01. The standard InChI is InChI=1S/C12H10F2O3/c1-17-7-2-3-8-9(4-7)12(14,6-15)5-10(16)11(8)13/h2-4,6,16H,5H2,1H3. The average Bonchev–Trinajstić information content (AvgIpc) is 2.35. The van der Waals surface area contributed by atoms with Gasteiger partial charge in [0.2, 0.25) is 0 Å². The third-order valence-corrected chi connectivity index (χ3v) is 2.78. The predicted octanol–water partition coefficient (Wildman–Crippen LogP) is 2.66. The van der Waals surface area contributed by atoms with Crippen LogP contribution in [0.5, 0.6) is 5.75 Å². The van der Waals surface area contributed by atoms with Crippen LogP contribution in [0.25, 0.3) is 5.83 Å². The Morgan fingerprint density at radius 1 is 1.53 bits per heavy atom. The van der Waals surface area contributed by atoms with Gasteiger partial charge < -0.3 is 9.84 Å². The number of allylic oxidation sites excluding steroid dienone is 1. The van der Waals surface area contributed by atoms with E-state index in [0.29, 0.717) is 5.75 Å². The fourth-order valence-electron chi connectivity index (χ4n) is 1.86. The van der Waals surface area contributed by atoms with Gasteiger partial charge in [-0.25, -0.2) is 8.78 Å². The van der Waals surface area contributed by atoms with Gasteiger partial charge in [-0.15, -0.1) is 0 Å². The number of halogens is 2. The molecule has 0 fully saturated rings. The van der Waals surface area contributed by atoms with Crippen LogP contribution >= 0.6 is 0 Å². The van der Waals surface area contributed by atoms with Gasteiger partial charge in [0.15, 0.2) is 17.8 Å². The van der Waals surface area contributed by atoms with Crippen LogP contribution in [0, 0.1) is 0 Å². The lowest BCUT2D eigenvalue weighted by molar-refractivity contribution is -0.118. The quantitative estimate of drug-likeness (QED) is 0.808. The van der Waals surface area contributed by atoms with Gasteiger partial charge >= 0.3 is 0 Å². The molecule has 1 aliphatic carbocycles. The first kappa shape index (κ1) is 11.6. The lowest BCUT2D eigenvalue weighted by Crippen LogP contribution is -2.27. The topological polar surface area (TPSA) is 46.5 Å². The summed E-state index contributed by atoms with van der Waals surface area (Å²) in [6.45, 7) is 0. The molecule has 0 amide bonds.